The fraction of sp³-hybridized carbons (Fsp3) is 0.267. The van der Waals surface area contributed by atoms with Gasteiger partial charge in [0.2, 0.25) is 17.7 Å². The number of hydrogen-bond acceptors (Lipinski definition) is 8. The number of thioether (sulfide) groups is 2. The molecule has 0 saturated carbocycles. The van der Waals surface area contributed by atoms with E-state index in [9.17, 15) is 14.4 Å². The quantitative estimate of drug-likeness (QED) is 0.690. The van der Waals surface area contributed by atoms with Crippen LogP contribution in [0.1, 0.15) is 0 Å². The number of carbonyl (C=O) groups is 3. The Bertz CT molecular complexity index is 829. The zero-order chi connectivity index (χ0) is 18.5. The second-order valence-corrected chi connectivity index (χ2v) is 7.41. The largest absolute Gasteiger partial charge is 0.411 e. The van der Waals surface area contributed by atoms with Crippen molar-refractivity contribution in [3.05, 3.63) is 29.3 Å². The van der Waals surface area contributed by atoms with E-state index in [4.69, 9.17) is 16.0 Å². The highest BCUT2D eigenvalue weighted by Gasteiger charge is 2.29. The molecular weight excluding hydrogens is 400 g/mol. The first-order valence-electron chi connectivity index (χ1n) is 7.49. The lowest BCUT2D eigenvalue weighted by Gasteiger charge is -2.12. The minimum atomic E-state index is -0.280. The zero-order valence-electron chi connectivity index (χ0n) is 13.3. The monoisotopic (exact) mass is 412 g/mol. The molecule has 8 nitrogen and oxygen atoms in total. The van der Waals surface area contributed by atoms with Gasteiger partial charge in [-0.2, -0.15) is 0 Å². The molecule has 1 aromatic heterocycles. The van der Waals surface area contributed by atoms with Gasteiger partial charge in [0.1, 0.15) is 0 Å². The van der Waals surface area contributed by atoms with Crippen molar-refractivity contribution in [1.82, 2.24) is 20.4 Å². The van der Waals surface area contributed by atoms with Crippen LogP contribution in [0, 0.1) is 0 Å². The molecule has 0 spiro atoms. The Kier molecular flexibility index (Phi) is 6.17. The van der Waals surface area contributed by atoms with Gasteiger partial charge in [0, 0.05) is 23.7 Å². The lowest BCUT2D eigenvalue weighted by molar-refractivity contribution is -0.125. The Morgan fingerprint density at radius 2 is 2.23 bits per heavy atom. The molecule has 26 heavy (non-hydrogen) atoms. The Labute approximate surface area is 162 Å². The van der Waals surface area contributed by atoms with Crippen molar-refractivity contribution < 1.29 is 18.8 Å². The third-order valence-electron chi connectivity index (χ3n) is 3.30. The first kappa shape index (κ1) is 18.7. The molecule has 0 aliphatic carbocycles. The standard InChI is InChI=1S/C15H13ClN4O4S2/c16-10-3-1-2-9(6-10)13-18-19-14(24-13)25-7-11(21)17-4-5-20-12(22)8-26-15(20)23/h1-3,6H,4-5,7-8H2,(H,17,21). The fourth-order valence-electron chi connectivity index (χ4n) is 2.09. The van der Waals surface area contributed by atoms with Crippen LogP contribution < -0.4 is 5.32 Å². The average molecular weight is 413 g/mol. The number of imide groups is 1. The summed E-state index contributed by atoms with van der Waals surface area (Å²) in [6, 6.07) is 7.01. The molecule has 136 valence electrons. The van der Waals surface area contributed by atoms with E-state index in [2.05, 4.69) is 15.5 Å². The second-order valence-electron chi connectivity index (χ2n) is 5.12. The smallest absolute Gasteiger partial charge is 0.288 e. The Morgan fingerprint density at radius 1 is 1.38 bits per heavy atom. The number of rotatable bonds is 7. The predicted octanol–water partition coefficient (Wildman–Crippen LogP) is 2.29. The van der Waals surface area contributed by atoms with Gasteiger partial charge in [-0.05, 0) is 18.2 Å². The second kappa shape index (κ2) is 8.56. The number of nitrogens with zero attached hydrogens (tertiary/aromatic N) is 3. The third-order valence-corrected chi connectivity index (χ3v) is 5.22. The first-order valence-corrected chi connectivity index (χ1v) is 9.84. The number of amides is 3. The molecule has 0 radical (unpaired) electrons. The third kappa shape index (κ3) is 4.77. The van der Waals surface area contributed by atoms with E-state index >= 15 is 0 Å². The minimum Gasteiger partial charge on any atom is -0.411 e. The van der Waals surface area contributed by atoms with Crippen LogP contribution in [-0.4, -0.2) is 56.7 Å². The number of nitrogens with one attached hydrogen (secondary N) is 1. The van der Waals surface area contributed by atoms with Crippen LogP contribution in [0.4, 0.5) is 4.79 Å². The molecule has 1 aliphatic heterocycles. The van der Waals surface area contributed by atoms with Gasteiger partial charge in [0.05, 0.1) is 11.5 Å². The molecule has 3 amide bonds. The maximum Gasteiger partial charge on any atom is 0.288 e. The molecular formula is C15H13ClN4O4S2. The van der Waals surface area contributed by atoms with Crippen LogP contribution in [0.2, 0.25) is 5.02 Å². The minimum absolute atomic E-state index is 0.0772. The van der Waals surface area contributed by atoms with Crippen molar-refractivity contribution in [2.24, 2.45) is 0 Å². The molecule has 3 rings (SSSR count). The highest BCUT2D eigenvalue weighted by atomic mass is 35.5. The van der Waals surface area contributed by atoms with Gasteiger partial charge in [0.25, 0.3) is 10.5 Å². The fourth-order valence-corrected chi connectivity index (χ4v) is 3.62. The summed E-state index contributed by atoms with van der Waals surface area (Å²) in [6.07, 6.45) is 0. The summed E-state index contributed by atoms with van der Waals surface area (Å²) >= 11 is 7.98. The van der Waals surface area contributed by atoms with E-state index in [0.29, 0.717) is 16.5 Å². The average Bonchev–Trinajstić information content (AvgIpc) is 3.22. The summed E-state index contributed by atoms with van der Waals surface area (Å²) in [6.45, 7) is 0.371. The van der Waals surface area contributed by atoms with Crippen LogP contribution in [0.5, 0.6) is 0 Å². The maximum absolute atomic E-state index is 11.8. The van der Waals surface area contributed by atoms with Crippen LogP contribution >= 0.6 is 35.1 Å². The predicted molar refractivity (Wildman–Crippen MR) is 98.0 cm³/mol. The van der Waals surface area contributed by atoms with Crippen LogP contribution in [0.3, 0.4) is 0 Å². The lowest BCUT2D eigenvalue weighted by atomic mass is 10.2. The Morgan fingerprint density at radius 3 is 2.96 bits per heavy atom. The van der Waals surface area contributed by atoms with Crippen molar-refractivity contribution in [2.45, 2.75) is 5.22 Å². The van der Waals surface area contributed by atoms with E-state index in [0.717, 1.165) is 28.4 Å². The first-order chi connectivity index (χ1) is 12.5. The molecule has 0 unspecified atom stereocenters. The molecule has 1 aromatic carbocycles. The van der Waals surface area contributed by atoms with Crippen LogP contribution in [0.25, 0.3) is 11.5 Å². The highest BCUT2D eigenvalue weighted by molar-refractivity contribution is 8.14. The molecule has 1 N–H and O–H groups in total. The van der Waals surface area contributed by atoms with Crippen molar-refractivity contribution >= 4 is 52.2 Å². The molecule has 0 atom stereocenters. The van der Waals surface area contributed by atoms with Gasteiger partial charge >= 0.3 is 0 Å². The summed E-state index contributed by atoms with van der Waals surface area (Å²) in [5.41, 5.74) is 0.694. The van der Waals surface area contributed by atoms with Gasteiger partial charge in [-0.25, -0.2) is 0 Å². The summed E-state index contributed by atoms with van der Waals surface area (Å²) in [5.74, 6) is 0.0639. The van der Waals surface area contributed by atoms with Gasteiger partial charge in [-0.3, -0.25) is 19.3 Å². The van der Waals surface area contributed by atoms with Crippen molar-refractivity contribution in [3.63, 3.8) is 0 Å². The van der Waals surface area contributed by atoms with Crippen LogP contribution in [0.15, 0.2) is 33.9 Å². The highest BCUT2D eigenvalue weighted by Crippen LogP contribution is 2.25. The zero-order valence-corrected chi connectivity index (χ0v) is 15.7. The summed E-state index contributed by atoms with van der Waals surface area (Å²) in [7, 11) is 0. The normalized spacial score (nSPS) is 14.1. The van der Waals surface area contributed by atoms with E-state index in [-0.39, 0.29) is 46.9 Å². The number of hydrogen-bond donors (Lipinski definition) is 1. The number of carbonyl (C=O) groups excluding carboxylic acids is 3. The topological polar surface area (TPSA) is 105 Å². The van der Waals surface area contributed by atoms with E-state index < -0.39 is 0 Å². The molecule has 2 heterocycles. The van der Waals surface area contributed by atoms with Crippen LogP contribution in [-0.2, 0) is 9.59 Å². The molecule has 1 saturated heterocycles. The summed E-state index contributed by atoms with van der Waals surface area (Å²) in [5, 5.41) is 11.0. The Hall–Kier alpha value is -2.04. The lowest BCUT2D eigenvalue weighted by Crippen LogP contribution is -2.38. The van der Waals surface area contributed by atoms with Crippen molar-refractivity contribution in [3.8, 4) is 11.5 Å². The number of benzene rings is 1. The summed E-state index contributed by atoms with van der Waals surface area (Å²) < 4.78 is 5.49. The van der Waals surface area contributed by atoms with E-state index in [1.807, 2.05) is 0 Å². The molecule has 2 aromatic rings. The molecule has 11 heteroatoms. The van der Waals surface area contributed by atoms with E-state index in [1.165, 1.54) is 0 Å². The number of halogens is 1. The maximum atomic E-state index is 11.8. The Balaban J connectivity index is 1.43. The van der Waals surface area contributed by atoms with Gasteiger partial charge in [-0.15, -0.1) is 10.2 Å². The van der Waals surface area contributed by atoms with E-state index in [1.54, 1.807) is 24.3 Å². The molecule has 1 aliphatic rings. The summed E-state index contributed by atoms with van der Waals surface area (Å²) in [4.78, 5) is 35.8. The molecule has 1 fully saturated rings. The van der Waals surface area contributed by atoms with Gasteiger partial charge < -0.3 is 9.73 Å². The van der Waals surface area contributed by atoms with Gasteiger partial charge in [-0.1, -0.05) is 41.2 Å². The molecule has 0 bridgehead atoms. The SMILES string of the molecule is O=C(CSc1nnc(-c2cccc(Cl)c2)o1)NCCN1C(=O)CSC1=O. The van der Waals surface area contributed by atoms with Crippen molar-refractivity contribution in [2.75, 3.05) is 24.6 Å². The number of aromatic nitrogens is 2. The van der Waals surface area contributed by atoms with Gasteiger partial charge in [0.15, 0.2) is 0 Å². The van der Waals surface area contributed by atoms with Crippen molar-refractivity contribution in [1.29, 1.82) is 0 Å².